The number of para-hydroxylation sites is 1. The average Bonchev–Trinajstić information content (AvgIpc) is 3.20. The Morgan fingerprint density at radius 1 is 0.463 bits per heavy atom. The minimum Gasteiger partial charge on any atom is -0.309 e. The molecule has 0 radical (unpaired) electrons. The summed E-state index contributed by atoms with van der Waals surface area (Å²) >= 11 is 0. The summed E-state index contributed by atoms with van der Waals surface area (Å²) < 4.78 is 2.48. The Balaban J connectivity index is 2.04. The molecule has 0 saturated carbocycles. The van der Waals surface area contributed by atoms with E-state index in [1.54, 1.807) is 0 Å². The zero-order valence-electron chi connectivity index (χ0n) is 27.5. The quantitative estimate of drug-likeness (QED) is 0.209. The minimum atomic E-state index is -0.0329. The molecule has 0 amide bonds. The lowest BCUT2D eigenvalue weighted by Gasteiger charge is -2.31. The van der Waals surface area contributed by atoms with Crippen LogP contribution in [0.3, 0.4) is 0 Å². The molecule has 41 heavy (non-hydrogen) atoms. The van der Waals surface area contributed by atoms with Gasteiger partial charge in [-0.3, -0.25) is 0 Å². The van der Waals surface area contributed by atoms with Crippen LogP contribution in [0.4, 0.5) is 0 Å². The number of fused-ring (bicyclic) bond motifs is 3. The van der Waals surface area contributed by atoms with Gasteiger partial charge in [0.25, 0.3) is 0 Å². The van der Waals surface area contributed by atoms with E-state index in [0.29, 0.717) is 0 Å². The van der Waals surface area contributed by atoms with Crippen LogP contribution in [-0.2, 0) is 21.7 Å². The van der Waals surface area contributed by atoms with Gasteiger partial charge >= 0.3 is 0 Å². The van der Waals surface area contributed by atoms with E-state index in [1.807, 2.05) is 0 Å². The van der Waals surface area contributed by atoms with Crippen LogP contribution in [0.25, 0.3) is 38.6 Å². The lowest BCUT2D eigenvalue weighted by molar-refractivity contribution is 0.535. The first-order valence-corrected chi connectivity index (χ1v) is 15.2. The molecule has 5 aromatic rings. The van der Waals surface area contributed by atoms with Gasteiger partial charge in [-0.05, 0) is 79.3 Å². The van der Waals surface area contributed by atoms with Crippen LogP contribution in [0.15, 0.2) is 78.9 Å². The van der Waals surface area contributed by atoms with Crippen molar-refractivity contribution in [1.82, 2.24) is 4.57 Å². The van der Waals surface area contributed by atoms with E-state index >= 15 is 0 Å². The molecule has 1 heteroatoms. The highest BCUT2D eigenvalue weighted by molar-refractivity contribution is 6.17. The van der Waals surface area contributed by atoms with Crippen molar-refractivity contribution in [3.05, 3.63) is 101 Å². The van der Waals surface area contributed by atoms with E-state index < -0.39 is 0 Å². The second-order valence-corrected chi connectivity index (χ2v) is 16.1. The monoisotopic (exact) mass is 543 g/mol. The molecule has 0 bridgehead atoms. The Morgan fingerprint density at radius 3 is 1.54 bits per heavy atom. The highest BCUT2D eigenvalue weighted by atomic mass is 15.0. The predicted octanol–water partition coefficient (Wildman–Crippen LogP) is 11.6. The number of nitrogens with zero attached hydrogens (tertiary/aromatic N) is 1. The third kappa shape index (κ3) is 5.25. The van der Waals surface area contributed by atoms with E-state index in [1.165, 1.54) is 60.9 Å². The number of hydrogen-bond acceptors (Lipinski definition) is 0. The van der Waals surface area contributed by atoms with Crippen LogP contribution in [0.1, 0.15) is 105 Å². The lowest BCUT2D eigenvalue weighted by atomic mass is 9.73. The summed E-state index contributed by atoms with van der Waals surface area (Å²) in [5.41, 5.74) is 12.1. The fourth-order valence-electron chi connectivity index (χ4n) is 6.30. The van der Waals surface area contributed by atoms with Gasteiger partial charge in [0, 0.05) is 16.5 Å². The first-order valence-electron chi connectivity index (χ1n) is 15.2. The molecule has 0 spiro atoms. The molecule has 4 aromatic carbocycles. The molecular formula is C40H49N. The van der Waals surface area contributed by atoms with Gasteiger partial charge in [-0.15, -0.1) is 0 Å². The highest BCUT2D eigenvalue weighted by Crippen LogP contribution is 2.47. The Morgan fingerprint density at radius 2 is 1.02 bits per heavy atom. The Bertz CT molecular complexity index is 1700. The summed E-state index contributed by atoms with van der Waals surface area (Å²) in [7, 11) is 0. The SMILES string of the molecule is CC(C)(C)c1cc(-c2cccc3c2c2c(C(C)(C)C)c(C(C)(C)C)ccc2n3-c2ccccc2)cc(C(C)(C)C)c1. The fraction of sp³-hybridized carbons (Fsp3) is 0.400. The van der Waals surface area contributed by atoms with Crippen molar-refractivity contribution in [1.29, 1.82) is 0 Å². The summed E-state index contributed by atoms with van der Waals surface area (Å²) in [6.07, 6.45) is 0. The lowest BCUT2D eigenvalue weighted by Crippen LogP contribution is -2.22. The van der Waals surface area contributed by atoms with Crippen molar-refractivity contribution in [3.8, 4) is 16.8 Å². The van der Waals surface area contributed by atoms with Gasteiger partial charge in [-0.2, -0.15) is 0 Å². The molecule has 0 saturated heterocycles. The van der Waals surface area contributed by atoms with Gasteiger partial charge in [0.1, 0.15) is 0 Å². The van der Waals surface area contributed by atoms with Crippen LogP contribution in [0, 0.1) is 0 Å². The van der Waals surface area contributed by atoms with Crippen molar-refractivity contribution in [2.75, 3.05) is 0 Å². The molecule has 0 unspecified atom stereocenters. The Hall–Kier alpha value is -3.32. The van der Waals surface area contributed by atoms with Crippen LogP contribution >= 0.6 is 0 Å². The first kappa shape index (κ1) is 29.2. The van der Waals surface area contributed by atoms with E-state index in [9.17, 15) is 0 Å². The Labute approximate surface area is 248 Å². The predicted molar refractivity (Wildman–Crippen MR) is 181 cm³/mol. The molecule has 1 aromatic heterocycles. The molecule has 0 aliphatic heterocycles. The molecule has 1 nitrogen and oxygen atoms in total. The van der Waals surface area contributed by atoms with Crippen molar-refractivity contribution in [3.63, 3.8) is 0 Å². The topological polar surface area (TPSA) is 4.93 Å². The largest absolute Gasteiger partial charge is 0.309 e. The van der Waals surface area contributed by atoms with Crippen LogP contribution in [-0.4, -0.2) is 4.57 Å². The number of aromatic nitrogens is 1. The molecule has 214 valence electrons. The molecule has 0 atom stereocenters. The third-order valence-corrected chi connectivity index (χ3v) is 8.51. The van der Waals surface area contributed by atoms with E-state index in [0.717, 1.165) is 0 Å². The maximum absolute atomic E-state index is 2.48. The van der Waals surface area contributed by atoms with Crippen molar-refractivity contribution in [2.45, 2.75) is 105 Å². The number of hydrogen-bond donors (Lipinski definition) is 0. The van der Waals surface area contributed by atoms with Crippen molar-refractivity contribution >= 4 is 21.8 Å². The van der Waals surface area contributed by atoms with E-state index in [2.05, 4.69) is 167 Å². The maximum Gasteiger partial charge on any atom is 0.0547 e. The highest BCUT2D eigenvalue weighted by Gasteiger charge is 2.31. The molecule has 0 fully saturated rings. The smallest absolute Gasteiger partial charge is 0.0547 e. The fourth-order valence-corrected chi connectivity index (χ4v) is 6.30. The molecule has 0 aliphatic rings. The van der Waals surface area contributed by atoms with Gasteiger partial charge in [-0.1, -0.05) is 138 Å². The van der Waals surface area contributed by atoms with Crippen molar-refractivity contribution < 1.29 is 0 Å². The molecule has 0 N–H and O–H groups in total. The molecular weight excluding hydrogens is 494 g/mol. The second kappa shape index (κ2) is 9.62. The normalized spacial score (nSPS) is 13.4. The number of benzene rings is 4. The molecule has 5 rings (SSSR count). The van der Waals surface area contributed by atoms with Crippen LogP contribution in [0.5, 0.6) is 0 Å². The summed E-state index contributed by atoms with van der Waals surface area (Å²) in [4.78, 5) is 0. The minimum absolute atomic E-state index is 0.0263. The van der Waals surface area contributed by atoms with E-state index in [-0.39, 0.29) is 21.7 Å². The average molecular weight is 544 g/mol. The summed E-state index contributed by atoms with van der Waals surface area (Å²) in [6, 6.07) is 29.8. The zero-order valence-corrected chi connectivity index (χ0v) is 27.5. The van der Waals surface area contributed by atoms with Gasteiger partial charge in [-0.25, -0.2) is 0 Å². The van der Waals surface area contributed by atoms with Gasteiger partial charge in [0.15, 0.2) is 0 Å². The van der Waals surface area contributed by atoms with Gasteiger partial charge < -0.3 is 4.57 Å². The van der Waals surface area contributed by atoms with E-state index in [4.69, 9.17) is 0 Å². The molecule has 0 aliphatic carbocycles. The summed E-state index contributed by atoms with van der Waals surface area (Å²) in [6.45, 7) is 28.1. The van der Waals surface area contributed by atoms with Gasteiger partial charge in [0.05, 0.1) is 11.0 Å². The van der Waals surface area contributed by atoms with Crippen LogP contribution in [0.2, 0.25) is 0 Å². The van der Waals surface area contributed by atoms with Crippen LogP contribution < -0.4 is 0 Å². The summed E-state index contributed by atoms with van der Waals surface area (Å²) in [5, 5.41) is 2.74. The van der Waals surface area contributed by atoms with Gasteiger partial charge in [0.2, 0.25) is 0 Å². The third-order valence-electron chi connectivity index (χ3n) is 8.51. The second-order valence-electron chi connectivity index (χ2n) is 16.1. The zero-order chi connectivity index (χ0) is 30.1. The summed E-state index contributed by atoms with van der Waals surface area (Å²) in [5.74, 6) is 0. The first-order chi connectivity index (χ1) is 18.9. The maximum atomic E-state index is 2.48. The van der Waals surface area contributed by atoms with Crippen molar-refractivity contribution in [2.24, 2.45) is 0 Å². The molecule has 1 heterocycles. The Kier molecular flexibility index (Phi) is 6.85. The standard InChI is InChI=1S/C40H49N/c1-37(2,3)27-23-26(24-28(25-27)38(4,5)6)30-19-16-20-32-34(30)35-33(41(32)29-17-14-13-15-18-29)22-21-31(39(7,8)9)36(35)40(10,11)12/h13-25H,1-12H3. The number of rotatable bonds is 2.